The predicted molar refractivity (Wildman–Crippen MR) is 71.9 cm³/mol. The Bertz CT molecular complexity index is 306. The molecule has 0 atom stereocenters. The van der Waals surface area contributed by atoms with E-state index in [9.17, 15) is 0 Å². The minimum Gasteiger partial charge on any atom is -0.330 e. The summed E-state index contributed by atoms with van der Waals surface area (Å²) in [6.07, 6.45) is 5.64. The normalized spacial score (nSPS) is 11.6. The van der Waals surface area contributed by atoms with Gasteiger partial charge in [-0.15, -0.1) is 0 Å². The van der Waals surface area contributed by atoms with Crippen molar-refractivity contribution in [1.29, 1.82) is 0 Å². The van der Waals surface area contributed by atoms with Crippen molar-refractivity contribution in [2.75, 3.05) is 20.1 Å². The van der Waals surface area contributed by atoms with Gasteiger partial charge in [-0.2, -0.15) is 5.10 Å². The van der Waals surface area contributed by atoms with Gasteiger partial charge >= 0.3 is 0 Å². The molecule has 0 spiro atoms. The van der Waals surface area contributed by atoms with Crippen molar-refractivity contribution < 1.29 is 0 Å². The van der Waals surface area contributed by atoms with E-state index in [4.69, 9.17) is 5.73 Å². The number of hydrogen-bond acceptors (Lipinski definition) is 3. The zero-order valence-corrected chi connectivity index (χ0v) is 11.4. The van der Waals surface area contributed by atoms with Gasteiger partial charge in [0.05, 0.1) is 5.69 Å². The molecule has 0 aliphatic rings. The van der Waals surface area contributed by atoms with Crippen LogP contribution in [0, 0.1) is 0 Å². The van der Waals surface area contributed by atoms with Gasteiger partial charge in [0.15, 0.2) is 0 Å². The number of rotatable bonds is 8. The number of nitrogens with zero attached hydrogens (tertiary/aromatic N) is 3. The molecular weight excluding hydrogens is 212 g/mol. The minimum atomic E-state index is 0.443. The van der Waals surface area contributed by atoms with Crippen molar-refractivity contribution >= 4 is 0 Å². The van der Waals surface area contributed by atoms with Crippen LogP contribution in [0.15, 0.2) is 12.3 Å². The highest BCUT2D eigenvalue weighted by Crippen LogP contribution is 2.06. The molecule has 0 radical (unpaired) electrons. The Morgan fingerprint density at radius 2 is 2.12 bits per heavy atom. The van der Waals surface area contributed by atoms with Gasteiger partial charge in [-0.25, -0.2) is 0 Å². The SMILES string of the molecule is CC(C)n1ccc(CN(C)CCCCCN)n1. The van der Waals surface area contributed by atoms with Gasteiger partial charge < -0.3 is 10.6 Å². The molecule has 4 heteroatoms. The lowest BCUT2D eigenvalue weighted by Crippen LogP contribution is -2.19. The van der Waals surface area contributed by atoms with Crippen LogP contribution in [0.5, 0.6) is 0 Å². The molecule has 1 aromatic heterocycles. The van der Waals surface area contributed by atoms with E-state index < -0.39 is 0 Å². The van der Waals surface area contributed by atoms with Crippen LogP contribution in [0.2, 0.25) is 0 Å². The van der Waals surface area contributed by atoms with Crippen LogP contribution < -0.4 is 5.73 Å². The van der Waals surface area contributed by atoms with Gasteiger partial charge in [0, 0.05) is 18.8 Å². The molecule has 0 amide bonds. The van der Waals surface area contributed by atoms with Crippen LogP contribution in [0.4, 0.5) is 0 Å². The first kappa shape index (κ1) is 14.2. The number of nitrogens with two attached hydrogens (primary N) is 1. The molecule has 0 fully saturated rings. The maximum atomic E-state index is 5.47. The third-order valence-electron chi connectivity index (χ3n) is 2.87. The zero-order valence-electron chi connectivity index (χ0n) is 11.4. The van der Waals surface area contributed by atoms with E-state index >= 15 is 0 Å². The molecule has 98 valence electrons. The highest BCUT2D eigenvalue weighted by Gasteiger charge is 2.05. The Labute approximate surface area is 105 Å². The monoisotopic (exact) mass is 238 g/mol. The van der Waals surface area contributed by atoms with Crippen molar-refractivity contribution in [3.8, 4) is 0 Å². The van der Waals surface area contributed by atoms with Gasteiger partial charge in [0.2, 0.25) is 0 Å². The molecule has 17 heavy (non-hydrogen) atoms. The van der Waals surface area contributed by atoms with E-state index in [2.05, 4.69) is 43.2 Å². The third kappa shape index (κ3) is 5.33. The molecule has 0 bridgehead atoms. The van der Waals surface area contributed by atoms with Gasteiger partial charge in [0.25, 0.3) is 0 Å². The fourth-order valence-electron chi connectivity index (χ4n) is 1.81. The zero-order chi connectivity index (χ0) is 12.7. The molecule has 1 aromatic rings. The predicted octanol–water partition coefficient (Wildman–Crippen LogP) is 2.02. The van der Waals surface area contributed by atoms with Crippen molar-refractivity contribution in [2.24, 2.45) is 5.73 Å². The van der Waals surface area contributed by atoms with Crippen LogP contribution in [0.25, 0.3) is 0 Å². The van der Waals surface area contributed by atoms with Crippen molar-refractivity contribution in [3.05, 3.63) is 18.0 Å². The summed E-state index contributed by atoms with van der Waals surface area (Å²) in [4.78, 5) is 2.32. The van der Waals surface area contributed by atoms with Crippen LogP contribution in [-0.2, 0) is 6.54 Å². The maximum absolute atomic E-state index is 5.47. The van der Waals surface area contributed by atoms with Crippen LogP contribution in [0.1, 0.15) is 44.8 Å². The van der Waals surface area contributed by atoms with Crippen molar-refractivity contribution in [2.45, 2.75) is 45.7 Å². The standard InChI is InChI=1S/C13H26N4/c1-12(2)17-10-7-13(15-17)11-16(3)9-6-4-5-8-14/h7,10,12H,4-6,8-9,11,14H2,1-3H3. The van der Waals surface area contributed by atoms with Gasteiger partial charge in [-0.05, 0) is 52.9 Å². The quantitative estimate of drug-likeness (QED) is 0.705. The maximum Gasteiger partial charge on any atom is 0.0764 e. The number of hydrogen-bond donors (Lipinski definition) is 1. The Morgan fingerprint density at radius 3 is 2.71 bits per heavy atom. The summed E-state index contributed by atoms with van der Waals surface area (Å²) in [5, 5.41) is 4.55. The molecule has 4 nitrogen and oxygen atoms in total. The number of unbranched alkanes of at least 4 members (excludes halogenated alkanes) is 2. The third-order valence-corrected chi connectivity index (χ3v) is 2.87. The van der Waals surface area contributed by atoms with E-state index in [-0.39, 0.29) is 0 Å². The number of aromatic nitrogens is 2. The van der Waals surface area contributed by atoms with Crippen LogP contribution >= 0.6 is 0 Å². The first-order valence-corrected chi connectivity index (χ1v) is 6.56. The smallest absolute Gasteiger partial charge is 0.0764 e. The summed E-state index contributed by atoms with van der Waals surface area (Å²) in [5.74, 6) is 0. The second kappa shape index (κ2) is 7.45. The molecule has 0 unspecified atom stereocenters. The molecule has 0 saturated heterocycles. The Morgan fingerprint density at radius 1 is 1.35 bits per heavy atom. The van der Waals surface area contributed by atoms with Crippen LogP contribution in [0.3, 0.4) is 0 Å². The average molecular weight is 238 g/mol. The first-order chi connectivity index (χ1) is 8.13. The molecule has 0 aliphatic carbocycles. The average Bonchev–Trinajstić information content (AvgIpc) is 2.73. The molecule has 0 aliphatic heterocycles. The molecule has 0 aromatic carbocycles. The van der Waals surface area contributed by atoms with Gasteiger partial charge in [-0.3, -0.25) is 4.68 Å². The molecule has 1 rings (SSSR count). The topological polar surface area (TPSA) is 47.1 Å². The van der Waals surface area contributed by atoms with E-state index in [0.717, 1.165) is 31.7 Å². The summed E-state index contributed by atoms with van der Waals surface area (Å²) in [6, 6.07) is 2.55. The van der Waals surface area contributed by atoms with Crippen LogP contribution in [-0.4, -0.2) is 34.8 Å². The minimum absolute atomic E-state index is 0.443. The van der Waals surface area contributed by atoms with E-state index in [1.54, 1.807) is 0 Å². The molecule has 0 saturated carbocycles. The fourth-order valence-corrected chi connectivity index (χ4v) is 1.81. The lowest BCUT2D eigenvalue weighted by Gasteiger charge is -2.14. The first-order valence-electron chi connectivity index (χ1n) is 6.56. The molecular formula is C13H26N4. The van der Waals surface area contributed by atoms with Gasteiger partial charge in [-0.1, -0.05) is 6.42 Å². The van der Waals surface area contributed by atoms with E-state index in [0.29, 0.717) is 6.04 Å². The van der Waals surface area contributed by atoms with Crippen molar-refractivity contribution in [3.63, 3.8) is 0 Å². The molecule has 2 N–H and O–H groups in total. The Hall–Kier alpha value is -0.870. The van der Waals surface area contributed by atoms with E-state index in [1.807, 2.05) is 4.68 Å². The summed E-state index contributed by atoms with van der Waals surface area (Å²) >= 11 is 0. The van der Waals surface area contributed by atoms with Gasteiger partial charge in [0.1, 0.15) is 0 Å². The highest BCUT2D eigenvalue weighted by atomic mass is 15.3. The largest absolute Gasteiger partial charge is 0.330 e. The second-order valence-electron chi connectivity index (χ2n) is 4.97. The lowest BCUT2D eigenvalue weighted by atomic mass is 10.2. The summed E-state index contributed by atoms with van der Waals surface area (Å²) in [7, 11) is 2.15. The summed E-state index contributed by atoms with van der Waals surface area (Å²) < 4.78 is 2.01. The summed E-state index contributed by atoms with van der Waals surface area (Å²) in [6.45, 7) is 7.15. The summed E-state index contributed by atoms with van der Waals surface area (Å²) in [5.41, 5.74) is 6.63. The highest BCUT2D eigenvalue weighted by molar-refractivity contribution is 4.99. The second-order valence-corrected chi connectivity index (χ2v) is 4.97. The lowest BCUT2D eigenvalue weighted by molar-refractivity contribution is 0.312. The Kier molecular flexibility index (Phi) is 6.22. The fraction of sp³-hybridized carbons (Fsp3) is 0.769. The molecule has 1 heterocycles. The Balaban J connectivity index is 2.27. The van der Waals surface area contributed by atoms with Crippen molar-refractivity contribution in [1.82, 2.24) is 14.7 Å². The van der Waals surface area contributed by atoms with E-state index in [1.165, 1.54) is 12.8 Å².